The first-order valence-corrected chi connectivity index (χ1v) is 15.1. The first-order valence-electron chi connectivity index (χ1n) is 13.3. The van der Waals surface area contributed by atoms with Crippen molar-refractivity contribution in [1.82, 2.24) is 14.2 Å². The summed E-state index contributed by atoms with van der Waals surface area (Å²) in [5.74, 6) is -1.58. The number of thiazole rings is 1. The van der Waals surface area contributed by atoms with Crippen molar-refractivity contribution < 1.29 is 33.5 Å². The van der Waals surface area contributed by atoms with Crippen LogP contribution in [0.1, 0.15) is 26.0 Å². The largest absolute Gasteiger partial charge is 0.457 e. The van der Waals surface area contributed by atoms with Gasteiger partial charge in [-0.1, -0.05) is 43.6 Å². The van der Waals surface area contributed by atoms with E-state index in [1.54, 1.807) is 29.2 Å². The Labute approximate surface area is 241 Å². The molecule has 0 unspecified atom stereocenters. The van der Waals surface area contributed by atoms with Crippen molar-refractivity contribution in [2.75, 3.05) is 19.8 Å². The predicted molar refractivity (Wildman–Crippen MR) is 151 cm³/mol. The van der Waals surface area contributed by atoms with Crippen LogP contribution in [0.15, 0.2) is 53.8 Å². The Bertz CT molecular complexity index is 1380. The second-order valence-corrected chi connectivity index (χ2v) is 12.8. The molecule has 0 radical (unpaired) electrons. The Kier molecular flexibility index (Phi) is 8.12. The van der Waals surface area contributed by atoms with Crippen molar-refractivity contribution in [3.8, 4) is 0 Å². The van der Waals surface area contributed by atoms with E-state index in [4.69, 9.17) is 9.47 Å². The molecule has 3 aliphatic heterocycles. The monoisotopic (exact) mass is 587 g/mol. The zero-order valence-corrected chi connectivity index (χ0v) is 24.5. The molecule has 3 aliphatic rings. The topological polar surface area (TPSA) is 105 Å². The van der Waals surface area contributed by atoms with Crippen LogP contribution in [0, 0.1) is 11.8 Å². The predicted octanol–water partition coefficient (Wildman–Crippen LogP) is 2.66. The van der Waals surface area contributed by atoms with E-state index >= 15 is 0 Å². The molecule has 2 saturated heterocycles. The van der Waals surface area contributed by atoms with Gasteiger partial charge < -0.3 is 24.4 Å². The average Bonchev–Trinajstić information content (AvgIpc) is 3.64. The molecule has 2 aromatic heterocycles. The fourth-order valence-corrected chi connectivity index (χ4v) is 8.56. The summed E-state index contributed by atoms with van der Waals surface area (Å²) < 4.78 is 14.9. The Morgan fingerprint density at radius 1 is 1.30 bits per heavy atom. The van der Waals surface area contributed by atoms with Crippen molar-refractivity contribution in [1.29, 1.82) is 0 Å². The SMILES string of the molecule is C=CCOC(=O)C1=C(S[C@H]2C[C@@H](Cc3csc4c[n+](C)cn34)N(C(=O)OCC=C)C2)[C@H](C)[C@@H]2[C@@H]([C@@H](C)O)C(=O)N12. The molecule has 10 nitrogen and oxygen atoms in total. The maximum Gasteiger partial charge on any atom is 0.410 e. The van der Waals surface area contributed by atoms with Crippen LogP contribution < -0.4 is 4.57 Å². The molecule has 2 amide bonds. The summed E-state index contributed by atoms with van der Waals surface area (Å²) in [6.07, 6.45) is 7.22. The molecule has 5 heterocycles. The number of amides is 2. The van der Waals surface area contributed by atoms with E-state index < -0.39 is 24.1 Å². The van der Waals surface area contributed by atoms with Gasteiger partial charge in [0.05, 0.1) is 25.1 Å². The van der Waals surface area contributed by atoms with Crippen molar-refractivity contribution >= 4 is 45.9 Å². The van der Waals surface area contributed by atoms with Gasteiger partial charge in [-0.15, -0.1) is 11.8 Å². The van der Waals surface area contributed by atoms with Crippen LogP contribution in [0.25, 0.3) is 4.83 Å². The molecule has 0 aromatic carbocycles. The van der Waals surface area contributed by atoms with Gasteiger partial charge >= 0.3 is 12.1 Å². The number of carbonyl (C=O) groups excluding carboxylic acids is 3. The number of imidazole rings is 1. The molecule has 2 aromatic rings. The lowest BCUT2D eigenvalue weighted by atomic mass is 9.79. The number of ether oxygens (including phenoxy) is 2. The molecule has 5 rings (SSSR count). The van der Waals surface area contributed by atoms with Crippen molar-refractivity contribution in [2.45, 2.75) is 50.1 Å². The number of rotatable bonds is 10. The number of likely N-dealkylation sites (tertiary alicyclic amines) is 1. The number of aliphatic hydroxyl groups excluding tert-OH is 1. The van der Waals surface area contributed by atoms with Crippen LogP contribution in [0.2, 0.25) is 0 Å². The summed E-state index contributed by atoms with van der Waals surface area (Å²) in [6, 6.07) is -0.418. The molecule has 0 bridgehead atoms. The third kappa shape index (κ3) is 4.97. The molecular formula is C28H35N4O6S2+. The quantitative estimate of drug-likeness (QED) is 0.197. The maximum atomic E-state index is 13.1. The summed E-state index contributed by atoms with van der Waals surface area (Å²) in [6.45, 7) is 11.4. The number of esters is 1. The summed E-state index contributed by atoms with van der Waals surface area (Å²) in [7, 11) is 1.98. The van der Waals surface area contributed by atoms with Crippen LogP contribution in [-0.2, 0) is 32.5 Å². The molecule has 12 heteroatoms. The van der Waals surface area contributed by atoms with Gasteiger partial charge in [-0.25, -0.2) is 14.2 Å². The van der Waals surface area contributed by atoms with Crippen LogP contribution in [0.4, 0.5) is 4.79 Å². The zero-order chi connectivity index (χ0) is 28.7. The fraction of sp³-hybridized carbons (Fsp3) is 0.500. The van der Waals surface area contributed by atoms with Crippen molar-refractivity contribution in [3.05, 3.63) is 59.5 Å². The van der Waals surface area contributed by atoms with E-state index in [1.807, 2.05) is 24.9 Å². The smallest absolute Gasteiger partial charge is 0.410 e. The van der Waals surface area contributed by atoms with Crippen LogP contribution in [0.5, 0.6) is 0 Å². The fourth-order valence-electron chi connectivity index (χ4n) is 6.03. The normalized spacial score (nSPS) is 26.6. The number of hydrogen-bond acceptors (Lipinski definition) is 8. The summed E-state index contributed by atoms with van der Waals surface area (Å²) in [4.78, 5) is 44.4. The molecule has 0 aliphatic carbocycles. The van der Waals surface area contributed by atoms with Gasteiger partial charge in [0.15, 0.2) is 0 Å². The number of nitrogens with zero attached hydrogens (tertiary/aromatic N) is 4. The van der Waals surface area contributed by atoms with E-state index in [2.05, 4.69) is 29.1 Å². The number of β-lactam (4-membered cyclic amide) rings is 1. The number of fused-ring (bicyclic) bond motifs is 2. The Morgan fingerprint density at radius 2 is 2.02 bits per heavy atom. The van der Waals surface area contributed by atoms with Crippen molar-refractivity contribution in [2.24, 2.45) is 18.9 Å². The van der Waals surface area contributed by atoms with E-state index in [0.29, 0.717) is 19.4 Å². The van der Waals surface area contributed by atoms with Gasteiger partial charge in [0.25, 0.3) is 0 Å². The standard InChI is InChI=1S/C28H35N4O6S2/c1-6-8-37-27(35)24-25(16(3)23-22(17(4)33)26(34)32(23)24)40-20-11-18(30(12-20)28(36)38-9-7-2)10-19-14-39-21-13-29(5)15-31(19)21/h6-7,13-18,20,22-23,33H,1-2,8-12H2,3-5H3/q+1/t16-,17-,18-,20+,22-,23-/m1/s1. The summed E-state index contributed by atoms with van der Waals surface area (Å²) >= 11 is 3.18. The van der Waals surface area contributed by atoms with Gasteiger partial charge in [0.2, 0.25) is 17.1 Å². The zero-order valence-electron chi connectivity index (χ0n) is 22.9. The number of aromatic nitrogens is 2. The number of aryl methyl sites for hydroxylation is 1. The molecule has 0 saturated carbocycles. The Hall–Kier alpha value is -3.09. The highest BCUT2D eigenvalue weighted by Crippen LogP contribution is 2.52. The van der Waals surface area contributed by atoms with Gasteiger partial charge in [-0.3, -0.25) is 4.79 Å². The Morgan fingerprint density at radius 3 is 2.73 bits per heavy atom. The number of carbonyl (C=O) groups is 3. The third-order valence-corrected chi connectivity index (χ3v) is 10.2. The average molecular weight is 588 g/mol. The van der Waals surface area contributed by atoms with Gasteiger partial charge in [-0.2, -0.15) is 4.40 Å². The summed E-state index contributed by atoms with van der Waals surface area (Å²) in [5.41, 5.74) is 1.35. The Balaban J connectivity index is 1.41. The highest BCUT2D eigenvalue weighted by molar-refractivity contribution is 8.03. The molecule has 2 fully saturated rings. The van der Waals surface area contributed by atoms with Crippen LogP contribution >= 0.6 is 23.1 Å². The van der Waals surface area contributed by atoms with E-state index in [1.165, 1.54) is 22.7 Å². The van der Waals surface area contributed by atoms with Crippen LogP contribution in [0.3, 0.4) is 0 Å². The van der Waals surface area contributed by atoms with E-state index in [9.17, 15) is 19.5 Å². The first-order chi connectivity index (χ1) is 19.2. The molecule has 214 valence electrons. The first kappa shape index (κ1) is 28.4. The lowest BCUT2D eigenvalue weighted by molar-refractivity contribution is -0.670. The minimum Gasteiger partial charge on any atom is -0.457 e. The van der Waals surface area contributed by atoms with Crippen molar-refractivity contribution in [3.63, 3.8) is 0 Å². The van der Waals surface area contributed by atoms with Gasteiger partial charge in [0, 0.05) is 40.5 Å². The van der Waals surface area contributed by atoms with E-state index in [0.717, 1.165) is 15.4 Å². The second kappa shape index (κ2) is 11.4. The molecule has 40 heavy (non-hydrogen) atoms. The second-order valence-electron chi connectivity index (χ2n) is 10.6. The molecule has 0 spiro atoms. The van der Waals surface area contributed by atoms with Gasteiger partial charge in [-0.05, 0) is 13.3 Å². The van der Waals surface area contributed by atoms with Gasteiger partial charge in [0.1, 0.15) is 30.8 Å². The minimum atomic E-state index is -0.824. The molecular weight excluding hydrogens is 552 g/mol. The third-order valence-electron chi connectivity index (χ3n) is 7.78. The summed E-state index contributed by atoms with van der Waals surface area (Å²) in [5, 5.41) is 12.4. The lowest BCUT2D eigenvalue weighted by Crippen LogP contribution is -2.63. The highest BCUT2D eigenvalue weighted by Gasteiger charge is 2.60. The highest BCUT2D eigenvalue weighted by atomic mass is 32.2. The number of thioether (sulfide) groups is 1. The molecule has 1 N–H and O–H groups in total. The minimum absolute atomic E-state index is 0.0296. The molecule has 6 atom stereocenters. The number of hydrogen-bond donors (Lipinski definition) is 1. The number of aliphatic hydroxyl groups is 1. The lowest BCUT2D eigenvalue weighted by Gasteiger charge is -2.46. The van der Waals surface area contributed by atoms with Crippen LogP contribution in [-0.4, -0.2) is 80.5 Å². The maximum absolute atomic E-state index is 13.1. The van der Waals surface area contributed by atoms with E-state index in [-0.39, 0.29) is 48.1 Å².